The Bertz CT molecular complexity index is 327. The molecule has 2 atom stereocenters. The fraction of sp³-hybridized carbons (Fsp3) is 0.538. The van der Waals surface area contributed by atoms with E-state index in [0.29, 0.717) is 5.92 Å². The van der Waals surface area contributed by atoms with Gasteiger partial charge in [-0.2, -0.15) is 0 Å². The quantitative estimate of drug-likeness (QED) is 0.871. The third-order valence-corrected chi connectivity index (χ3v) is 3.56. The Hall–Kier alpha value is -0.380. The van der Waals surface area contributed by atoms with Crippen molar-refractivity contribution in [2.45, 2.75) is 32.9 Å². The topological polar surface area (TPSA) is 32.3 Å². The summed E-state index contributed by atoms with van der Waals surface area (Å²) >= 11 is 3.54. The second-order valence-corrected chi connectivity index (χ2v) is 5.30. The predicted octanol–water partition coefficient (Wildman–Crippen LogP) is 3.12. The van der Waals surface area contributed by atoms with Crippen molar-refractivity contribution in [1.29, 1.82) is 0 Å². The van der Waals surface area contributed by atoms with E-state index in [4.69, 9.17) is 0 Å². The van der Waals surface area contributed by atoms with E-state index in [9.17, 15) is 5.11 Å². The predicted molar refractivity (Wildman–Crippen MR) is 71.4 cm³/mol. The number of hydrogen-bond donors (Lipinski definition) is 2. The molecule has 0 radical (unpaired) electrons. The molecular weight excluding hydrogens is 266 g/mol. The van der Waals surface area contributed by atoms with Crippen molar-refractivity contribution in [3.05, 3.63) is 34.3 Å². The minimum atomic E-state index is 0.141. The first-order valence-corrected chi connectivity index (χ1v) is 6.47. The van der Waals surface area contributed by atoms with Crippen LogP contribution in [-0.2, 0) is 0 Å². The summed E-state index contributed by atoms with van der Waals surface area (Å²) in [6.45, 7) is 6.51. The van der Waals surface area contributed by atoms with Crippen LogP contribution in [0.15, 0.2) is 28.7 Å². The standard InChI is InChI=1S/C13H20BrNO/c1-9(2)13(8-16)15-10(3)11-6-4-5-7-12(11)14/h4-7,9-10,13,15-16H,8H2,1-3H3/t10?,13-/m1/s1. The van der Waals surface area contributed by atoms with Crippen molar-refractivity contribution < 1.29 is 5.11 Å². The van der Waals surface area contributed by atoms with E-state index in [1.165, 1.54) is 5.56 Å². The second-order valence-electron chi connectivity index (χ2n) is 4.44. The van der Waals surface area contributed by atoms with Gasteiger partial charge in [-0.25, -0.2) is 0 Å². The van der Waals surface area contributed by atoms with Crippen molar-refractivity contribution in [1.82, 2.24) is 5.32 Å². The van der Waals surface area contributed by atoms with Crippen LogP contribution in [-0.4, -0.2) is 17.8 Å². The van der Waals surface area contributed by atoms with E-state index < -0.39 is 0 Å². The van der Waals surface area contributed by atoms with Crippen LogP contribution >= 0.6 is 15.9 Å². The number of hydrogen-bond acceptors (Lipinski definition) is 2. The normalized spacial score (nSPS) is 15.1. The first-order chi connectivity index (χ1) is 7.56. The van der Waals surface area contributed by atoms with Crippen molar-refractivity contribution in [2.24, 2.45) is 5.92 Å². The highest BCUT2D eigenvalue weighted by atomic mass is 79.9. The lowest BCUT2D eigenvalue weighted by molar-refractivity contribution is 0.201. The van der Waals surface area contributed by atoms with Crippen LogP contribution in [0, 0.1) is 5.92 Å². The van der Waals surface area contributed by atoms with Crippen molar-refractivity contribution in [2.75, 3.05) is 6.61 Å². The molecule has 0 heterocycles. The first kappa shape index (κ1) is 13.7. The SMILES string of the molecule is CC(N[C@H](CO)C(C)C)c1ccccc1Br. The molecule has 0 saturated heterocycles. The van der Waals surface area contributed by atoms with Gasteiger partial charge >= 0.3 is 0 Å². The van der Waals surface area contributed by atoms with E-state index in [1.807, 2.05) is 18.2 Å². The van der Waals surface area contributed by atoms with Crippen molar-refractivity contribution >= 4 is 15.9 Å². The summed E-state index contributed by atoms with van der Waals surface area (Å²) in [5.41, 5.74) is 1.22. The van der Waals surface area contributed by atoms with Gasteiger partial charge in [0.1, 0.15) is 0 Å². The Balaban J connectivity index is 2.72. The lowest BCUT2D eigenvalue weighted by Gasteiger charge is -2.25. The molecule has 3 heteroatoms. The van der Waals surface area contributed by atoms with Gasteiger partial charge in [-0.15, -0.1) is 0 Å². The third-order valence-electron chi connectivity index (χ3n) is 2.84. The monoisotopic (exact) mass is 285 g/mol. The smallest absolute Gasteiger partial charge is 0.0587 e. The summed E-state index contributed by atoms with van der Waals surface area (Å²) in [6, 6.07) is 8.54. The van der Waals surface area contributed by atoms with Crippen LogP contribution < -0.4 is 5.32 Å². The fourth-order valence-electron chi connectivity index (χ4n) is 1.69. The second kappa shape index (κ2) is 6.38. The average Bonchev–Trinajstić information content (AvgIpc) is 2.25. The van der Waals surface area contributed by atoms with Gasteiger partial charge in [0.25, 0.3) is 0 Å². The van der Waals surface area contributed by atoms with Gasteiger partial charge in [-0.1, -0.05) is 48.0 Å². The molecule has 0 saturated carbocycles. The molecular formula is C13H20BrNO. The Labute approximate surface area is 106 Å². The van der Waals surface area contributed by atoms with Gasteiger partial charge in [-0.05, 0) is 24.5 Å². The summed E-state index contributed by atoms with van der Waals surface area (Å²) in [4.78, 5) is 0. The lowest BCUT2D eigenvalue weighted by Crippen LogP contribution is -2.38. The minimum absolute atomic E-state index is 0.141. The Kier molecular flexibility index (Phi) is 5.46. The summed E-state index contributed by atoms with van der Waals surface area (Å²) in [7, 11) is 0. The van der Waals surface area contributed by atoms with E-state index in [0.717, 1.165) is 4.47 Å². The van der Waals surface area contributed by atoms with E-state index >= 15 is 0 Å². The molecule has 0 fully saturated rings. The number of benzene rings is 1. The number of rotatable bonds is 5. The highest BCUT2D eigenvalue weighted by Gasteiger charge is 2.16. The summed E-state index contributed by atoms with van der Waals surface area (Å²) < 4.78 is 1.11. The van der Waals surface area contributed by atoms with Gasteiger partial charge in [-0.3, -0.25) is 0 Å². The summed E-state index contributed by atoms with van der Waals surface area (Å²) in [5, 5.41) is 12.7. The first-order valence-electron chi connectivity index (χ1n) is 5.67. The number of nitrogens with one attached hydrogen (secondary N) is 1. The van der Waals surface area contributed by atoms with E-state index in [1.54, 1.807) is 0 Å². The van der Waals surface area contributed by atoms with E-state index in [-0.39, 0.29) is 18.7 Å². The lowest BCUT2D eigenvalue weighted by atomic mass is 10.0. The maximum atomic E-state index is 9.29. The zero-order valence-electron chi connectivity index (χ0n) is 10.1. The van der Waals surface area contributed by atoms with Crippen LogP contribution in [0.1, 0.15) is 32.4 Å². The molecule has 1 unspecified atom stereocenters. The molecule has 0 aliphatic carbocycles. The molecule has 0 aliphatic heterocycles. The Morgan fingerprint density at radius 3 is 2.38 bits per heavy atom. The van der Waals surface area contributed by atoms with Gasteiger partial charge < -0.3 is 10.4 Å². The summed E-state index contributed by atoms with van der Waals surface area (Å²) in [5.74, 6) is 0.426. The molecule has 0 amide bonds. The maximum absolute atomic E-state index is 9.29. The number of aliphatic hydroxyl groups excluding tert-OH is 1. The molecule has 0 aromatic heterocycles. The summed E-state index contributed by atoms with van der Waals surface area (Å²) in [6.07, 6.45) is 0. The van der Waals surface area contributed by atoms with Gasteiger partial charge in [0.15, 0.2) is 0 Å². The van der Waals surface area contributed by atoms with E-state index in [2.05, 4.69) is 48.1 Å². The fourth-order valence-corrected chi connectivity index (χ4v) is 2.32. The maximum Gasteiger partial charge on any atom is 0.0587 e. The average molecular weight is 286 g/mol. The molecule has 0 bridgehead atoms. The molecule has 2 N–H and O–H groups in total. The van der Waals surface area contributed by atoms with Gasteiger partial charge in [0, 0.05) is 16.6 Å². The highest BCUT2D eigenvalue weighted by molar-refractivity contribution is 9.10. The van der Waals surface area contributed by atoms with Gasteiger partial charge in [0.2, 0.25) is 0 Å². The zero-order chi connectivity index (χ0) is 12.1. The minimum Gasteiger partial charge on any atom is -0.395 e. The largest absolute Gasteiger partial charge is 0.395 e. The molecule has 0 aliphatic rings. The van der Waals surface area contributed by atoms with Gasteiger partial charge in [0.05, 0.1) is 6.61 Å². The Morgan fingerprint density at radius 1 is 1.25 bits per heavy atom. The van der Waals surface area contributed by atoms with Crippen molar-refractivity contribution in [3.63, 3.8) is 0 Å². The molecule has 1 rings (SSSR count). The highest BCUT2D eigenvalue weighted by Crippen LogP contribution is 2.23. The van der Waals surface area contributed by atoms with Crippen LogP contribution in [0.4, 0.5) is 0 Å². The number of aliphatic hydroxyl groups is 1. The van der Waals surface area contributed by atoms with Crippen molar-refractivity contribution in [3.8, 4) is 0 Å². The zero-order valence-corrected chi connectivity index (χ0v) is 11.7. The van der Waals surface area contributed by atoms with Crippen LogP contribution in [0.3, 0.4) is 0 Å². The molecule has 2 nitrogen and oxygen atoms in total. The van der Waals surface area contributed by atoms with Crippen LogP contribution in [0.2, 0.25) is 0 Å². The molecule has 90 valence electrons. The molecule has 1 aromatic carbocycles. The third kappa shape index (κ3) is 3.58. The molecule has 16 heavy (non-hydrogen) atoms. The van der Waals surface area contributed by atoms with Crippen LogP contribution in [0.25, 0.3) is 0 Å². The van der Waals surface area contributed by atoms with Crippen LogP contribution in [0.5, 0.6) is 0 Å². The molecule has 0 spiro atoms. The Morgan fingerprint density at radius 2 is 1.88 bits per heavy atom. The number of halogens is 1. The molecule has 1 aromatic rings.